The van der Waals surface area contributed by atoms with Crippen molar-refractivity contribution in [2.45, 2.75) is 38.5 Å². The third-order valence-electron chi connectivity index (χ3n) is 2.43. The van der Waals surface area contributed by atoms with Crippen molar-refractivity contribution in [1.29, 1.82) is 0 Å². The third-order valence-corrected chi connectivity index (χ3v) is 5.05. The molecule has 0 bridgehead atoms. The Morgan fingerprint density at radius 1 is 1.36 bits per heavy atom. The Morgan fingerprint density at radius 2 is 1.86 bits per heavy atom. The summed E-state index contributed by atoms with van der Waals surface area (Å²) in [5.41, 5.74) is 0.461. The van der Waals surface area contributed by atoms with Crippen LogP contribution in [0.5, 0.6) is 0 Å². The monoisotopic (exact) mass is 213 g/mol. The first-order valence-corrected chi connectivity index (χ1v) is 8.69. The van der Waals surface area contributed by atoms with Crippen LogP contribution in [0.2, 0.25) is 25.2 Å². The SMILES string of the molecule is C/C=C/[C@@H](CC(=O)N(C)C)[Si](C)(C)C. The molecule has 14 heavy (non-hydrogen) atoms. The molecule has 0 heterocycles. The summed E-state index contributed by atoms with van der Waals surface area (Å²) in [5, 5.41) is 0. The second-order valence-electron chi connectivity index (χ2n) is 4.99. The lowest BCUT2D eigenvalue weighted by Gasteiger charge is -2.26. The Kier molecular flexibility index (Phi) is 5.12. The van der Waals surface area contributed by atoms with E-state index in [0.29, 0.717) is 12.0 Å². The molecular formula is C11H23NOSi. The van der Waals surface area contributed by atoms with Gasteiger partial charge in [-0.3, -0.25) is 4.79 Å². The fourth-order valence-corrected chi connectivity index (χ4v) is 2.82. The molecule has 82 valence electrons. The van der Waals surface area contributed by atoms with E-state index in [1.165, 1.54) is 0 Å². The van der Waals surface area contributed by atoms with Crippen molar-refractivity contribution in [3.63, 3.8) is 0 Å². The van der Waals surface area contributed by atoms with Crippen LogP contribution in [-0.2, 0) is 4.79 Å². The van der Waals surface area contributed by atoms with Gasteiger partial charge in [-0.05, 0) is 12.5 Å². The molecule has 0 spiro atoms. The highest BCUT2D eigenvalue weighted by Crippen LogP contribution is 2.27. The number of nitrogens with zero attached hydrogens (tertiary/aromatic N) is 1. The Labute approximate surface area is 89.0 Å². The van der Waals surface area contributed by atoms with Gasteiger partial charge in [0.25, 0.3) is 0 Å². The Morgan fingerprint density at radius 3 is 2.14 bits per heavy atom. The van der Waals surface area contributed by atoms with Crippen LogP contribution >= 0.6 is 0 Å². The number of carbonyl (C=O) groups excluding carboxylic acids is 1. The molecule has 1 atom stereocenters. The van der Waals surface area contributed by atoms with E-state index < -0.39 is 8.07 Å². The van der Waals surface area contributed by atoms with Gasteiger partial charge < -0.3 is 4.90 Å². The van der Waals surface area contributed by atoms with Crippen molar-refractivity contribution in [2.24, 2.45) is 0 Å². The van der Waals surface area contributed by atoms with Crippen molar-refractivity contribution in [3.8, 4) is 0 Å². The van der Waals surface area contributed by atoms with Crippen molar-refractivity contribution in [1.82, 2.24) is 4.90 Å². The lowest BCUT2D eigenvalue weighted by atomic mass is 10.2. The van der Waals surface area contributed by atoms with Gasteiger partial charge in [0.1, 0.15) is 0 Å². The Bertz CT molecular complexity index is 216. The molecule has 0 saturated carbocycles. The lowest BCUT2D eigenvalue weighted by molar-refractivity contribution is -0.128. The van der Waals surface area contributed by atoms with Crippen LogP contribution in [0.15, 0.2) is 12.2 Å². The maximum absolute atomic E-state index is 11.6. The van der Waals surface area contributed by atoms with E-state index in [2.05, 4.69) is 31.8 Å². The normalized spacial score (nSPS) is 14.4. The van der Waals surface area contributed by atoms with Gasteiger partial charge in [0.15, 0.2) is 0 Å². The minimum Gasteiger partial charge on any atom is -0.349 e. The Balaban J connectivity index is 4.47. The number of rotatable bonds is 4. The van der Waals surface area contributed by atoms with Crippen LogP contribution in [-0.4, -0.2) is 33.0 Å². The van der Waals surface area contributed by atoms with Gasteiger partial charge >= 0.3 is 0 Å². The van der Waals surface area contributed by atoms with E-state index in [0.717, 1.165) is 0 Å². The van der Waals surface area contributed by atoms with Gasteiger partial charge in [0, 0.05) is 20.5 Å². The van der Waals surface area contributed by atoms with Crippen molar-refractivity contribution < 1.29 is 4.79 Å². The van der Waals surface area contributed by atoms with Crippen molar-refractivity contribution in [2.75, 3.05) is 14.1 Å². The summed E-state index contributed by atoms with van der Waals surface area (Å²) < 4.78 is 0. The summed E-state index contributed by atoms with van der Waals surface area (Å²) in [4.78, 5) is 13.3. The summed E-state index contributed by atoms with van der Waals surface area (Å²) in [6.45, 7) is 8.94. The highest BCUT2D eigenvalue weighted by molar-refractivity contribution is 6.78. The zero-order valence-corrected chi connectivity index (χ0v) is 11.3. The first kappa shape index (κ1) is 13.4. The molecule has 3 heteroatoms. The van der Waals surface area contributed by atoms with Crippen LogP contribution in [0.4, 0.5) is 0 Å². The molecule has 0 fully saturated rings. The zero-order chi connectivity index (χ0) is 11.4. The molecule has 0 unspecified atom stereocenters. The molecule has 0 rings (SSSR count). The van der Waals surface area contributed by atoms with E-state index in [4.69, 9.17) is 0 Å². The van der Waals surface area contributed by atoms with Crippen LogP contribution in [0, 0.1) is 0 Å². The molecule has 2 nitrogen and oxygen atoms in total. The topological polar surface area (TPSA) is 20.3 Å². The summed E-state index contributed by atoms with van der Waals surface area (Å²) in [6.07, 6.45) is 4.91. The van der Waals surface area contributed by atoms with Crippen LogP contribution in [0.1, 0.15) is 13.3 Å². The molecule has 0 radical (unpaired) electrons. The van der Waals surface area contributed by atoms with Gasteiger partial charge in [0.05, 0.1) is 8.07 Å². The van der Waals surface area contributed by atoms with Crippen LogP contribution < -0.4 is 0 Å². The maximum Gasteiger partial charge on any atom is 0.222 e. The largest absolute Gasteiger partial charge is 0.349 e. The number of hydrogen-bond acceptors (Lipinski definition) is 1. The van der Waals surface area contributed by atoms with Gasteiger partial charge in [0.2, 0.25) is 5.91 Å². The van der Waals surface area contributed by atoms with Gasteiger partial charge in [-0.15, -0.1) is 0 Å². The predicted octanol–water partition coefficient (Wildman–Crippen LogP) is 2.75. The molecule has 0 aliphatic heterocycles. The highest BCUT2D eigenvalue weighted by atomic mass is 28.3. The van der Waals surface area contributed by atoms with Gasteiger partial charge in [-0.1, -0.05) is 31.8 Å². The van der Waals surface area contributed by atoms with Gasteiger partial charge in [-0.2, -0.15) is 0 Å². The second kappa shape index (κ2) is 5.34. The number of carbonyl (C=O) groups is 1. The predicted molar refractivity (Wildman–Crippen MR) is 65.2 cm³/mol. The minimum atomic E-state index is -1.25. The molecule has 0 aromatic carbocycles. The fraction of sp³-hybridized carbons (Fsp3) is 0.727. The third kappa shape index (κ3) is 4.60. The molecule has 0 aromatic heterocycles. The van der Waals surface area contributed by atoms with E-state index in [-0.39, 0.29) is 5.91 Å². The number of hydrogen-bond donors (Lipinski definition) is 0. The summed E-state index contributed by atoms with van der Waals surface area (Å²) in [5.74, 6) is 0.232. The van der Waals surface area contributed by atoms with E-state index in [9.17, 15) is 4.79 Å². The average molecular weight is 213 g/mol. The van der Waals surface area contributed by atoms with Crippen LogP contribution in [0.25, 0.3) is 0 Å². The molecule has 1 amide bonds. The minimum absolute atomic E-state index is 0.232. The quantitative estimate of drug-likeness (QED) is 0.519. The second-order valence-corrected chi connectivity index (χ2v) is 10.5. The molecule has 0 aliphatic rings. The van der Waals surface area contributed by atoms with Crippen LogP contribution in [0.3, 0.4) is 0 Å². The first-order chi connectivity index (χ1) is 6.29. The van der Waals surface area contributed by atoms with E-state index in [1.54, 1.807) is 4.90 Å². The summed E-state index contributed by atoms with van der Waals surface area (Å²) in [7, 11) is 2.39. The number of amides is 1. The Hall–Kier alpha value is -0.573. The zero-order valence-electron chi connectivity index (χ0n) is 10.3. The fourth-order valence-electron chi connectivity index (χ4n) is 1.27. The first-order valence-electron chi connectivity index (χ1n) is 5.12. The molecule has 0 N–H and O–H groups in total. The van der Waals surface area contributed by atoms with Crippen molar-refractivity contribution in [3.05, 3.63) is 12.2 Å². The molecule has 0 saturated heterocycles. The highest BCUT2D eigenvalue weighted by Gasteiger charge is 2.26. The summed E-state index contributed by atoms with van der Waals surface area (Å²) >= 11 is 0. The lowest BCUT2D eigenvalue weighted by Crippen LogP contribution is -2.32. The average Bonchev–Trinajstić information content (AvgIpc) is 2.01. The molecular weight excluding hydrogens is 190 g/mol. The van der Waals surface area contributed by atoms with Gasteiger partial charge in [-0.25, -0.2) is 0 Å². The molecule has 0 aliphatic carbocycles. The van der Waals surface area contributed by atoms with E-state index in [1.807, 2.05) is 21.0 Å². The van der Waals surface area contributed by atoms with E-state index >= 15 is 0 Å². The summed E-state index contributed by atoms with van der Waals surface area (Å²) in [6, 6.07) is 0. The number of allylic oxidation sites excluding steroid dienone is 2. The van der Waals surface area contributed by atoms with Crippen molar-refractivity contribution >= 4 is 14.0 Å². The maximum atomic E-state index is 11.6. The standard InChI is InChI=1S/C11H23NOSi/c1-7-8-10(14(4,5)6)9-11(13)12(2)3/h7-8,10H,9H2,1-6H3/b8-7+/t10-/m0/s1. The molecule has 0 aromatic rings. The smallest absolute Gasteiger partial charge is 0.222 e.